The van der Waals surface area contributed by atoms with Crippen LogP contribution in [0, 0.1) is 6.92 Å². The number of rotatable bonds is 6. The number of hydrogen-bond donors (Lipinski definition) is 2. The van der Waals surface area contributed by atoms with E-state index in [1.54, 1.807) is 6.20 Å². The molecule has 3 aromatic rings. The van der Waals surface area contributed by atoms with Crippen LogP contribution in [0.3, 0.4) is 0 Å². The molecule has 5 nitrogen and oxygen atoms in total. The molecule has 0 aliphatic carbocycles. The van der Waals surface area contributed by atoms with E-state index in [1.165, 1.54) is 5.56 Å². The van der Waals surface area contributed by atoms with Crippen LogP contribution in [0.5, 0.6) is 0 Å². The topological polar surface area (TPSA) is 59.0 Å². The highest BCUT2D eigenvalue weighted by Gasteiger charge is 2.13. The van der Waals surface area contributed by atoms with Gasteiger partial charge in [-0.15, -0.1) is 0 Å². The van der Waals surface area contributed by atoms with Crippen molar-refractivity contribution < 1.29 is 4.79 Å². The molecule has 1 aromatic heterocycles. The average molecular weight is 334 g/mol. The lowest BCUT2D eigenvalue weighted by Gasteiger charge is -2.16. The number of benzene rings is 2. The number of aromatic nitrogens is 2. The predicted molar refractivity (Wildman–Crippen MR) is 99.7 cm³/mol. The van der Waals surface area contributed by atoms with Gasteiger partial charge in [-0.1, -0.05) is 35.9 Å². The first kappa shape index (κ1) is 16.9. The van der Waals surface area contributed by atoms with Gasteiger partial charge < -0.3 is 10.6 Å². The summed E-state index contributed by atoms with van der Waals surface area (Å²) in [7, 11) is 0. The lowest BCUT2D eigenvalue weighted by molar-refractivity contribution is -0.117. The molecule has 0 aliphatic heterocycles. The van der Waals surface area contributed by atoms with Crippen LogP contribution >= 0.6 is 0 Å². The third-order valence-corrected chi connectivity index (χ3v) is 4.05. The minimum absolute atomic E-state index is 0.0552. The van der Waals surface area contributed by atoms with Crippen LogP contribution in [-0.4, -0.2) is 21.7 Å². The van der Waals surface area contributed by atoms with Gasteiger partial charge in [-0.25, -0.2) is 4.68 Å². The number of anilines is 1. The van der Waals surface area contributed by atoms with E-state index < -0.39 is 0 Å². The summed E-state index contributed by atoms with van der Waals surface area (Å²) in [6, 6.07) is 17.4. The summed E-state index contributed by atoms with van der Waals surface area (Å²) in [6.07, 6.45) is 3.66. The van der Waals surface area contributed by atoms with Crippen LogP contribution in [0.15, 0.2) is 67.0 Å². The molecule has 0 radical (unpaired) electrons. The smallest absolute Gasteiger partial charge is 0.241 e. The minimum atomic E-state index is -0.313. The molecule has 0 saturated carbocycles. The van der Waals surface area contributed by atoms with Crippen LogP contribution in [0.2, 0.25) is 0 Å². The largest absolute Gasteiger partial charge is 0.325 e. The number of para-hydroxylation sites is 1. The Labute approximate surface area is 147 Å². The minimum Gasteiger partial charge on any atom is -0.325 e. The Hall–Kier alpha value is -2.92. The fraction of sp³-hybridized carbons (Fsp3) is 0.200. The summed E-state index contributed by atoms with van der Waals surface area (Å²) in [4.78, 5) is 12.3. The number of aryl methyl sites for hydroxylation is 1. The van der Waals surface area contributed by atoms with Crippen LogP contribution < -0.4 is 10.6 Å². The maximum atomic E-state index is 12.3. The second-order valence-corrected chi connectivity index (χ2v) is 6.04. The van der Waals surface area contributed by atoms with Gasteiger partial charge in [0.05, 0.1) is 11.7 Å². The molecule has 0 aliphatic rings. The van der Waals surface area contributed by atoms with Crippen molar-refractivity contribution >= 4 is 11.6 Å². The highest BCUT2D eigenvalue weighted by atomic mass is 16.2. The van der Waals surface area contributed by atoms with Gasteiger partial charge in [-0.2, -0.15) is 5.10 Å². The van der Waals surface area contributed by atoms with Crippen molar-refractivity contribution in [3.05, 3.63) is 78.1 Å². The van der Waals surface area contributed by atoms with Crippen molar-refractivity contribution in [3.8, 4) is 5.69 Å². The maximum absolute atomic E-state index is 12.3. The Bertz CT molecular complexity index is 825. The normalized spacial score (nSPS) is 11.9. The third kappa shape index (κ3) is 4.33. The number of carbonyl (C=O) groups is 1. The number of nitrogens with one attached hydrogen (secondary N) is 2. The van der Waals surface area contributed by atoms with Gasteiger partial charge in [0.1, 0.15) is 0 Å². The van der Waals surface area contributed by atoms with E-state index in [0.717, 1.165) is 16.9 Å². The van der Waals surface area contributed by atoms with Gasteiger partial charge in [0, 0.05) is 24.6 Å². The van der Waals surface area contributed by atoms with Crippen molar-refractivity contribution in [1.82, 2.24) is 15.1 Å². The number of carbonyl (C=O) groups excluding carboxylic acids is 1. The molecule has 1 amide bonds. The van der Waals surface area contributed by atoms with Crippen molar-refractivity contribution in [3.63, 3.8) is 0 Å². The number of amides is 1. The summed E-state index contributed by atoms with van der Waals surface area (Å²) in [5.74, 6) is -0.0552. The lowest BCUT2D eigenvalue weighted by atomic mass is 10.1. The molecule has 25 heavy (non-hydrogen) atoms. The van der Waals surface area contributed by atoms with Gasteiger partial charge >= 0.3 is 0 Å². The molecule has 1 atom stereocenters. The molecule has 0 bridgehead atoms. The molecule has 3 rings (SSSR count). The second-order valence-electron chi connectivity index (χ2n) is 6.04. The fourth-order valence-corrected chi connectivity index (χ4v) is 2.54. The highest BCUT2D eigenvalue weighted by Crippen LogP contribution is 2.14. The number of nitrogens with zero attached hydrogens (tertiary/aromatic N) is 2. The molecule has 0 saturated heterocycles. The van der Waals surface area contributed by atoms with Crippen LogP contribution in [0.1, 0.15) is 18.1 Å². The van der Waals surface area contributed by atoms with E-state index in [2.05, 4.69) is 15.7 Å². The molecule has 2 N–H and O–H groups in total. The zero-order valence-corrected chi connectivity index (χ0v) is 14.4. The van der Waals surface area contributed by atoms with Gasteiger partial charge in [0.15, 0.2) is 0 Å². The van der Waals surface area contributed by atoms with Gasteiger partial charge in [0.2, 0.25) is 5.91 Å². The Morgan fingerprint density at radius 2 is 1.88 bits per heavy atom. The fourth-order valence-electron chi connectivity index (χ4n) is 2.54. The van der Waals surface area contributed by atoms with Crippen LogP contribution in [0.4, 0.5) is 5.69 Å². The van der Waals surface area contributed by atoms with Crippen molar-refractivity contribution in [2.24, 2.45) is 0 Å². The van der Waals surface area contributed by atoms with Gasteiger partial charge in [-0.3, -0.25) is 4.79 Å². The molecule has 0 unspecified atom stereocenters. The van der Waals surface area contributed by atoms with E-state index in [9.17, 15) is 4.79 Å². The standard InChI is InChI=1S/C20H22N4O/c1-15-8-10-18(11-9-15)23-20(25)16(2)21-14-17-6-3-4-7-19(17)24-13-5-12-22-24/h3-13,16,21H,14H2,1-2H3,(H,23,25)/t16-/m1/s1. The van der Waals surface area contributed by atoms with Crippen molar-refractivity contribution in [2.75, 3.05) is 5.32 Å². The maximum Gasteiger partial charge on any atom is 0.241 e. The van der Waals surface area contributed by atoms with E-state index in [0.29, 0.717) is 6.54 Å². The molecular weight excluding hydrogens is 312 g/mol. The van der Waals surface area contributed by atoms with Crippen LogP contribution in [-0.2, 0) is 11.3 Å². The summed E-state index contributed by atoms with van der Waals surface area (Å²) in [6.45, 7) is 4.46. The molecule has 5 heteroatoms. The van der Waals surface area contributed by atoms with Crippen LogP contribution in [0.25, 0.3) is 5.69 Å². The highest BCUT2D eigenvalue weighted by molar-refractivity contribution is 5.94. The first-order chi connectivity index (χ1) is 12.1. The molecule has 0 spiro atoms. The molecule has 128 valence electrons. The Kier molecular flexibility index (Phi) is 5.26. The molecule has 2 aromatic carbocycles. The second kappa shape index (κ2) is 7.77. The monoisotopic (exact) mass is 334 g/mol. The Morgan fingerprint density at radius 1 is 1.12 bits per heavy atom. The zero-order valence-electron chi connectivity index (χ0n) is 14.4. The third-order valence-electron chi connectivity index (χ3n) is 4.05. The quantitative estimate of drug-likeness (QED) is 0.727. The van der Waals surface area contributed by atoms with Crippen molar-refractivity contribution in [1.29, 1.82) is 0 Å². The lowest BCUT2D eigenvalue weighted by Crippen LogP contribution is -2.37. The Morgan fingerprint density at radius 3 is 2.60 bits per heavy atom. The molecule has 0 fully saturated rings. The van der Waals surface area contributed by atoms with E-state index in [-0.39, 0.29) is 11.9 Å². The van der Waals surface area contributed by atoms with Crippen molar-refractivity contribution in [2.45, 2.75) is 26.4 Å². The summed E-state index contributed by atoms with van der Waals surface area (Å²) in [5.41, 5.74) is 4.06. The SMILES string of the molecule is Cc1ccc(NC(=O)[C@@H](C)NCc2ccccc2-n2cccn2)cc1. The molecular formula is C20H22N4O. The van der Waals surface area contributed by atoms with Gasteiger partial charge in [0.25, 0.3) is 0 Å². The number of hydrogen-bond acceptors (Lipinski definition) is 3. The summed E-state index contributed by atoms with van der Waals surface area (Å²) < 4.78 is 1.83. The average Bonchev–Trinajstić information content (AvgIpc) is 3.16. The van der Waals surface area contributed by atoms with Gasteiger partial charge in [-0.05, 0) is 43.7 Å². The first-order valence-corrected chi connectivity index (χ1v) is 8.32. The van der Waals surface area contributed by atoms with E-state index >= 15 is 0 Å². The summed E-state index contributed by atoms with van der Waals surface area (Å²) in [5, 5.41) is 10.5. The Balaban J connectivity index is 1.61. The zero-order chi connectivity index (χ0) is 17.6. The first-order valence-electron chi connectivity index (χ1n) is 8.32. The predicted octanol–water partition coefficient (Wildman–Crippen LogP) is 3.30. The summed E-state index contributed by atoms with van der Waals surface area (Å²) >= 11 is 0. The van der Waals surface area contributed by atoms with E-state index in [4.69, 9.17) is 0 Å². The molecule has 1 heterocycles. The van der Waals surface area contributed by atoms with E-state index in [1.807, 2.05) is 79.3 Å².